The van der Waals surface area contributed by atoms with Gasteiger partial charge >= 0.3 is 0 Å². The Hall–Kier alpha value is -1.52. The molecule has 0 bridgehead atoms. The highest BCUT2D eigenvalue weighted by atomic mass is 32.1. The quantitative estimate of drug-likeness (QED) is 0.880. The molecule has 1 unspecified atom stereocenters. The second-order valence-electron chi connectivity index (χ2n) is 4.65. The van der Waals surface area contributed by atoms with Crippen LogP contribution in [0.1, 0.15) is 30.2 Å². The van der Waals surface area contributed by atoms with E-state index in [-0.39, 0.29) is 0 Å². The molecule has 0 aliphatic heterocycles. The van der Waals surface area contributed by atoms with Crippen LogP contribution in [-0.2, 0) is 5.60 Å². The molecule has 3 nitrogen and oxygen atoms in total. The Morgan fingerprint density at radius 3 is 2.55 bits per heavy atom. The monoisotopic (exact) mass is 292 g/mol. The average Bonchev–Trinajstić information content (AvgIpc) is 3.01. The molecule has 0 saturated heterocycles. The van der Waals surface area contributed by atoms with Gasteiger partial charge in [0.1, 0.15) is 17.1 Å². The van der Waals surface area contributed by atoms with Crippen LogP contribution in [0.25, 0.3) is 0 Å². The number of methoxy groups -OCH3 is 2. The van der Waals surface area contributed by atoms with Gasteiger partial charge in [-0.2, -0.15) is 0 Å². The summed E-state index contributed by atoms with van der Waals surface area (Å²) in [6, 6.07) is 9.46. The summed E-state index contributed by atoms with van der Waals surface area (Å²) in [5.74, 6) is 1.37. The van der Waals surface area contributed by atoms with E-state index in [0.717, 1.165) is 22.6 Å². The summed E-state index contributed by atoms with van der Waals surface area (Å²) in [4.78, 5) is 0.933. The van der Waals surface area contributed by atoms with Crippen LogP contribution in [0, 0.1) is 0 Å². The fraction of sp³-hybridized carbons (Fsp3) is 0.375. The van der Waals surface area contributed by atoms with E-state index in [4.69, 9.17) is 9.47 Å². The van der Waals surface area contributed by atoms with Crippen LogP contribution in [0.4, 0.5) is 0 Å². The number of benzene rings is 1. The van der Waals surface area contributed by atoms with E-state index in [0.29, 0.717) is 12.2 Å². The van der Waals surface area contributed by atoms with Gasteiger partial charge < -0.3 is 14.6 Å². The van der Waals surface area contributed by atoms with Crippen LogP contribution in [0.3, 0.4) is 0 Å². The Morgan fingerprint density at radius 2 is 2.00 bits per heavy atom. The van der Waals surface area contributed by atoms with Gasteiger partial charge in [0.25, 0.3) is 0 Å². The lowest BCUT2D eigenvalue weighted by atomic mass is 9.87. The van der Waals surface area contributed by atoms with Crippen molar-refractivity contribution in [3.63, 3.8) is 0 Å². The van der Waals surface area contributed by atoms with E-state index in [1.54, 1.807) is 25.6 Å². The first-order chi connectivity index (χ1) is 9.65. The molecule has 108 valence electrons. The highest BCUT2D eigenvalue weighted by Crippen LogP contribution is 2.42. The first kappa shape index (κ1) is 14.9. The largest absolute Gasteiger partial charge is 0.497 e. The molecule has 0 saturated carbocycles. The number of hydrogen-bond acceptors (Lipinski definition) is 4. The SMILES string of the molecule is CCCC(O)(c1cccs1)c1ccc(OC)cc1OC. The molecule has 0 aliphatic carbocycles. The van der Waals surface area contributed by atoms with Crippen molar-refractivity contribution in [2.45, 2.75) is 25.4 Å². The fourth-order valence-corrected chi connectivity index (χ4v) is 3.27. The van der Waals surface area contributed by atoms with Crippen LogP contribution in [-0.4, -0.2) is 19.3 Å². The van der Waals surface area contributed by atoms with Gasteiger partial charge in [-0.15, -0.1) is 11.3 Å². The predicted molar refractivity (Wildman–Crippen MR) is 81.8 cm³/mol. The molecule has 1 heterocycles. The van der Waals surface area contributed by atoms with Gasteiger partial charge in [-0.1, -0.05) is 19.4 Å². The molecule has 2 aromatic rings. The molecule has 0 spiro atoms. The highest BCUT2D eigenvalue weighted by Gasteiger charge is 2.34. The molecule has 20 heavy (non-hydrogen) atoms. The third-order valence-electron chi connectivity index (χ3n) is 3.39. The van der Waals surface area contributed by atoms with Crippen molar-refractivity contribution in [1.82, 2.24) is 0 Å². The minimum atomic E-state index is -1.01. The number of aliphatic hydroxyl groups is 1. The zero-order valence-corrected chi connectivity index (χ0v) is 12.9. The van der Waals surface area contributed by atoms with Crippen molar-refractivity contribution in [2.24, 2.45) is 0 Å². The van der Waals surface area contributed by atoms with Crippen molar-refractivity contribution < 1.29 is 14.6 Å². The van der Waals surface area contributed by atoms with E-state index in [2.05, 4.69) is 6.92 Å². The number of ether oxygens (including phenoxy) is 2. The third kappa shape index (κ3) is 2.67. The zero-order valence-electron chi connectivity index (χ0n) is 12.1. The van der Waals surface area contributed by atoms with Gasteiger partial charge in [-0.05, 0) is 30.0 Å². The van der Waals surface area contributed by atoms with Crippen LogP contribution < -0.4 is 9.47 Å². The minimum Gasteiger partial charge on any atom is -0.497 e. The Labute approximate surface area is 123 Å². The molecule has 0 aliphatic rings. The Balaban J connectivity index is 2.55. The van der Waals surface area contributed by atoms with Gasteiger partial charge in [-0.3, -0.25) is 0 Å². The van der Waals surface area contributed by atoms with Crippen molar-refractivity contribution in [2.75, 3.05) is 14.2 Å². The van der Waals surface area contributed by atoms with Crippen molar-refractivity contribution in [1.29, 1.82) is 0 Å². The lowest BCUT2D eigenvalue weighted by Gasteiger charge is -2.29. The summed E-state index contributed by atoms with van der Waals surface area (Å²) >= 11 is 1.56. The van der Waals surface area contributed by atoms with Crippen LogP contribution in [0.5, 0.6) is 11.5 Å². The summed E-state index contributed by atoms with van der Waals surface area (Å²) in [5.41, 5.74) is -0.231. The van der Waals surface area contributed by atoms with Gasteiger partial charge in [0.05, 0.1) is 14.2 Å². The lowest BCUT2D eigenvalue weighted by molar-refractivity contribution is 0.0711. The van der Waals surface area contributed by atoms with E-state index >= 15 is 0 Å². The minimum absolute atomic E-state index is 0.647. The second-order valence-corrected chi connectivity index (χ2v) is 5.60. The van der Waals surface area contributed by atoms with Gasteiger partial charge in [-0.25, -0.2) is 0 Å². The maximum atomic E-state index is 11.2. The second kappa shape index (κ2) is 6.29. The summed E-state index contributed by atoms with van der Waals surface area (Å²) in [6.45, 7) is 2.06. The van der Waals surface area contributed by atoms with Crippen LogP contribution in [0.2, 0.25) is 0 Å². The summed E-state index contributed by atoms with van der Waals surface area (Å²) in [5, 5.41) is 13.2. The van der Waals surface area contributed by atoms with E-state index in [9.17, 15) is 5.11 Å². The fourth-order valence-electron chi connectivity index (χ4n) is 2.41. The van der Waals surface area contributed by atoms with E-state index in [1.807, 2.05) is 35.7 Å². The maximum Gasteiger partial charge on any atom is 0.129 e. The number of rotatable bonds is 6. The predicted octanol–water partition coefficient (Wildman–Crippen LogP) is 3.80. The molecule has 0 radical (unpaired) electrons. The normalized spacial score (nSPS) is 13.8. The molecule has 0 fully saturated rings. The zero-order chi connectivity index (χ0) is 14.6. The van der Waals surface area contributed by atoms with E-state index < -0.39 is 5.60 Å². The summed E-state index contributed by atoms with van der Waals surface area (Å²) in [7, 11) is 3.23. The molecular weight excluding hydrogens is 272 g/mol. The number of hydrogen-bond donors (Lipinski definition) is 1. The Kier molecular flexibility index (Phi) is 4.68. The molecule has 1 atom stereocenters. The van der Waals surface area contributed by atoms with Gasteiger partial charge in [0.15, 0.2) is 0 Å². The molecular formula is C16H20O3S. The van der Waals surface area contributed by atoms with E-state index in [1.165, 1.54) is 0 Å². The molecule has 2 rings (SSSR count). The van der Waals surface area contributed by atoms with Crippen molar-refractivity contribution in [3.8, 4) is 11.5 Å². The number of thiophene rings is 1. The summed E-state index contributed by atoms with van der Waals surface area (Å²) in [6.07, 6.45) is 1.53. The van der Waals surface area contributed by atoms with Crippen molar-refractivity contribution in [3.05, 3.63) is 46.2 Å². The Morgan fingerprint density at radius 1 is 1.20 bits per heavy atom. The highest BCUT2D eigenvalue weighted by molar-refractivity contribution is 7.10. The average molecular weight is 292 g/mol. The van der Waals surface area contributed by atoms with Crippen molar-refractivity contribution >= 4 is 11.3 Å². The summed E-state index contributed by atoms with van der Waals surface area (Å²) < 4.78 is 10.7. The standard InChI is InChI=1S/C16H20O3S/c1-4-9-16(17,15-6-5-10-20-15)13-8-7-12(18-2)11-14(13)19-3/h5-8,10-11,17H,4,9H2,1-3H3. The lowest BCUT2D eigenvalue weighted by Crippen LogP contribution is -2.26. The van der Waals surface area contributed by atoms with Crippen LogP contribution >= 0.6 is 11.3 Å². The molecule has 1 aromatic heterocycles. The molecule has 4 heteroatoms. The smallest absolute Gasteiger partial charge is 0.129 e. The Bertz CT molecular complexity index is 551. The maximum absolute atomic E-state index is 11.2. The first-order valence-corrected chi connectivity index (χ1v) is 7.52. The van der Waals surface area contributed by atoms with Gasteiger partial charge in [0.2, 0.25) is 0 Å². The molecule has 0 amide bonds. The topological polar surface area (TPSA) is 38.7 Å². The van der Waals surface area contributed by atoms with Gasteiger partial charge in [0, 0.05) is 16.5 Å². The first-order valence-electron chi connectivity index (χ1n) is 6.64. The third-order valence-corrected chi connectivity index (χ3v) is 4.42. The van der Waals surface area contributed by atoms with Crippen LogP contribution in [0.15, 0.2) is 35.7 Å². The molecule has 1 N–H and O–H groups in total. The molecule has 1 aromatic carbocycles.